The number of benzene rings is 1. The molecule has 21 heavy (non-hydrogen) atoms. The summed E-state index contributed by atoms with van der Waals surface area (Å²) in [6.07, 6.45) is 2.16. The third-order valence-electron chi connectivity index (χ3n) is 4.50. The fraction of sp³-hybridized carbons (Fsp3) is 0.588. The molecule has 1 aliphatic rings. The van der Waals surface area contributed by atoms with Crippen LogP contribution >= 0.6 is 15.9 Å². The number of rotatable bonds is 4. The monoisotopic (exact) mass is 352 g/mol. The van der Waals surface area contributed by atoms with Crippen LogP contribution in [0.2, 0.25) is 0 Å². The van der Waals surface area contributed by atoms with Gasteiger partial charge >= 0.3 is 0 Å². The zero-order valence-electron chi connectivity index (χ0n) is 13.2. The number of aryl methyl sites for hydroxylation is 1. The van der Waals surface area contributed by atoms with Crippen LogP contribution in [0.4, 0.5) is 0 Å². The van der Waals surface area contributed by atoms with Crippen molar-refractivity contribution in [2.45, 2.75) is 39.7 Å². The minimum atomic E-state index is 0.156. The van der Waals surface area contributed by atoms with E-state index in [1.807, 2.05) is 30.0 Å². The van der Waals surface area contributed by atoms with Gasteiger partial charge in [-0.3, -0.25) is 4.79 Å². The lowest BCUT2D eigenvalue weighted by molar-refractivity contribution is 0.0630. The van der Waals surface area contributed by atoms with E-state index in [-0.39, 0.29) is 5.91 Å². The summed E-state index contributed by atoms with van der Waals surface area (Å²) in [5.41, 5.74) is 1.90. The minimum absolute atomic E-state index is 0.156. The maximum atomic E-state index is 12.7. The van der Waals surface area contributed by atoms with Gasteiger partial charge in [-0.05, 0) is 60.4 Å². The fourth-order valence-corrected chi connectivity index (χ4v) is 3.59. The smallest absolute Gasteiger partial charge is 0.255 e. The van der Waals surface area contributed by atoms with E-state index in [0.29, 0.717) is 6.04 Å². The van der Waals surface area contributed by atoms with E-state index in [2.05, 4.69) is 34.7 Å². The molecule has 0 bridgehead atoms. The standard InChI is InChI=1S/C17H25BrN2O/c1-4-19(5-2)14-9-11-20(12-10-14)17(21)15-8-6-7-13(3)16(15)18/h6-8,14H,4-5,9-12H2,1-3H3. The summed E-state index contributed by atoms with van der Waals surface area (Å²) in [5.74, 6) is 0.156. The largest absolute Gasteiger partial charge is 0.338 e. The molecular formula is C17H25BrN2O. The summed E-state index contributed by atoms with van der Waals surface area (Å²) in [6.45, 7) is 10.4. The van der Waals surface area contributed by atoms with Crippen molar-refractivity contribution in [2.24, 2.45) is 0 Å². The first kappa shape index (κ1) is 16.5. The molecule has 1 saturated heterocycles. The lowest BCUT2D eigenvalue weighted by Gasteiger charge is -2.37. The summed E-state index contributed by atoms with van der Waals surface area (Å²) in [4.78, 5) is 17.2. The highest BCUT2D eigenvalue weighted by Crippen LogP contribution is 2.24. The topological polar surface area (TPSA) is 23.6 Å². The lowest BCUT2D eigenvalue weighted by atomic mass is 10.0. The van der Waals surface area contributed by atoms with Gasteiger partial charge in [0.15, 0.2) is 0 Å². The van der Waals surface area contributed by atoms with Crippen LogP contribution in [0, 0.1) is 6.92 Å². The molecule has 1 fully saturated rings. The van der Waals surface area contributed by atoms with Gasteiger partial charge in [0, 0.05) is 23.6 Å². The van der Waals surface area contributed by atoms with Gasteiger partial charge in [0.25, 0.3) is 5.91 Å². The molecule has 1 amide bonds. The normalized spacial score (nSPS) is 16.5. The Morgan fingerprint density at radius 3 is 2.48 bits per heavy atom. The van der Waals surface area contributed by atoms with Crippen molar-refractivity contribution < 1.29 is 4.79 Å². The summed E-state index contributed by atoms with van der Waals surface area (Å²) in [5, 5.41) is 0. The zero-order valence-corrected chi connectivity index (χ0v) is 14.8. The second-order valence-electron chi connectivity index (χ2n) is 5.68. The molecule has 0 aromatic heterocycles. The van der Waals surface area contributed by atoms with E-state index in [4.69, 9.17) is 0 Å². The molecule has 0 spiro atoms. The molecule has 1 heterocycles. The number of halogens is 1. The van der Waals surface area contributed by atoms with Crippen LogP contribution in [0.25, 0.3) is 0 Å². The first-order valence-electron chi connectivity index (χ1n) is 7.86. The summed E-state index contributed by atoms with van der Waals surface area (Å²) in [6, 6.07) is 6.52. The number of nitrogens with zero attached hydrogens (tertiary/aromatic N) is 2. The Morgan fingerprint density at radius 1 is 1.29 bits per heavy atom. The predicted molar refractivity (Wildman–Crippen MR) is 90.7 cm³/mol. The Balaban J connectivity index is 2.02. The lowest BCUT2D eigenvalue weighted by Crippen LogP contribution is -2.46. The fourth-order valence-electron chi connectivity index (χ4n) is 3.16. The van der Waals surface area contributed by atoms with Crippen molar-refractivity contribution >= 4 is 21.8 Å². The van der Waals surface area contributed by atoms with Gasteiger partial charge in [-0.2, -0.15) is 0 Å². The number of hydrogen-bond acceptors (Lipinski definition) is 2. The maximum Gasteiger partial charge on any atom is 0.255 e. The van der Waals surface area contributed by atoms with Gasteiger partial charge in [0.05, 0.1) is 5.56 Å². The molecule has 4 heteroatoms. The SMILES string of the molecule is CCN(CC)C1CCN(C(=O)c2cccc(C)c2Br)CC1. The molecule has 0 radical (unpaired) electrons. The Morgan fingerprint density at radius 2 is 1.90 bits per heavy atom. The predicted octanol–water partition coefficient (Wildman–Crippen LogP) is 3.70. The van der Waals surface area contributed by atoms with Crippen molar-refractivity contribution in [1.29, 1.82) is 0 Å². The Kier molecular flexibility index (Phi) is 5.82. The average Bonchev–Trinajstić information content (AvgIpc) is 2.51. The van der Waals surface area contributed by atoms with Gasteiger partial charge in [-0.25, -0.2) is 0 Å². The van der Waals surface area contributed by atoms with E-state index in [9.17, 15) is 4.79 Å². The Bertz CT molecular complexity index is 492. The summed E-state index contributed by atoms with van der Waals surface area (Å²) in [7, 11) is 0. The minimum Gasteiger partial charge on any atom is -0.338 e. The molecule has 116 valence electrons. The van der Waals surface area contributed by atoms with Crippen LogP contribution < -0.4 is 0 Å². The third kappa shape index (κ3) is 3.67. The molecule has 0 saturated carbocycles. The highest BCUT2D eigenvalue weighted by molar-refractivity contribution is 9.10. The number of amides is 1. The number of carbonyl (C=O) groups excluding carboxylic acids is 1. The maximum absolute atomic E-state index is 12.7. The Labute approximate surface area is 136 Å². The second kappa shape index (κ2) is 7.41. The molecule has 1 aromatic carbocycles. The van der Waals surface area contributed by atoms with Crippen molar-refractivity contribution in [1.82, 2.24) is 9.80 Å². The number of hydrogen-bond donors (Lipinski definition) is 0. The number of likely N-dealkylation sites (tertiary alicyclic amines) is 1. The van der Waals surface area contributed by atoms with Crippen LogP contribution in [-0.2, 0) is 0 Å². The first-order valence-corrected chi connectivity index (χ1v) is 8.66. The molecule has 0 aliphatic carbocycles. The van der Waals surface area contributed by atoms with E-state index in [1.165, 1.54) is 0 Å². The van der Waals surface area contributed by atoms with Gasteiger partial charge < -0.3 is 9.80 Å². The average molecular weight is 353 g/mol. The van der Waals surface area contributed by atoms with E-state index >= 15 is 0 Å². The van der Waals surface area contributed by atoms with Crippen LogP contribution in [0.5, 0.6) is 0 Å². The van der Waals surface area contributed by atoms with Crippen molar-refractivity contribution in [2.75, 3.05) is 26.2 Å². The number of carbonyl (C=O) groups is 1. The summed E-state index contributed by atoms with van der Waals surface area (Å²) < 4.78 is 0.931. The molecule has 0 atom stereocenters. The van der Waals surface area contributed by atoms with Gasteiger partial charge in [0.2, 0.25) is 0 Å². The number of piperidine rings is 1. The van der Waals surface area contributed by atoms with Crippen molar-refractivity contribution in [3.8, 4) is 0 Å². The quantitative estimate of drug-likeness (QED) is 0.824. The molecule has 1 aromatic rings. The van der Waals surface area contributed by atoms with E-state index in [0.717, 1.165) is 54.6 Å². The van der Waals surface area contributed by atoms with Crippen LogP contribution in [0.1, 0.15) is 42.6 Å². The van der Waals surface area contributed by atoms with Gasteiger partial charge in [-0.15, -0.1) is 0 Å². The van der Waals surface area contributed by atoms with E-state index in [1.54, 1.807) is 0 Å². The molecule has 1 aliphatic heterocycles. The van der Waals surface area contributed by atoms with Crippen molar-refractivity contribution in [3.63, 3.8) is 0 Å². The molecule has 3 nitrogen and oxygen atoms in total. The van der Waals surface area contributed by atoms with Gasteiger partial charge in [0.1, 0.15) is 0 Å². The Hall–Kier alpha value is -0.870. The van der Waals surface area contributed by atoms with Crippen LogP contribution in [-0.4, -0.2) is 47.9 Å². The first-order chi connectivity index (χ1) is 10.1. The highest BCUT2D eigenvalue weighted by atomic mass is 79.9. The van der Waals surface area contributed by atoms with Gasteiger partial charge in [-0.1, -0.05) is 26.0 Å². The third-order valence-corrected chi connectivity index (χ3v) is 5.56. The molecular weight excluding hydrogens is 328 g/mol. The van der Waals surface area contributed by atoms with Crippen molar-refractivity contribution in [3.05, 3.63) is 33.8 Å². The zero-order chi connectivity index (χ0) is 15.4. The van der Waals surface area contributed by atoms with Crippen LogP contribution in [0.3, 0.4) is 0 Å². The summed E-state index contributed by atoms with van der Waals surface area (Å²) >= 11 is 3.55. The molecule has 2 rings (SSSR count). The van der Waals surface area contributed by atoms with Crippen LogP contribution in [0.15, 0.2) is 22.7 Å². The molecule has 0 unspecified atom stereocenters. The highest BCUT2D eigenvalue weighted by Gasteiger charge is 2.27. The van der Waals surface area contributed by atoms with E-state index < -0.39 is 0 Å². The molecule has 0 N–H and O–H groups in total. The second-order valence-corrected chi connectivity index (χ2v) is 6.47.